The number of phenolic OH excluding ortho intramolecular Hbond substituents is 2. The smallest absolute Gasteiger partial charge is 0.259 e. The Bertz CT molecular complexity index is 2560. The molecular weight excluding hydrogens is 663 g/mol. The van der Waals surface area contributed by atoms with Crippen molar-refractivity contribution in [3.05, 3.63) is 144 Å². The molecule has 2 amide bonds. The van der Waals surface area contributed by atoms with Gasteiger partial charge in [0.25, 0.3) is 11.8 Å². The molecule has 1 aromatic heterocycles. The topological polar surface area (TPSA) is 172 Å². The van der Waals surface area contributed by atoms with E-state index in [0.717, 1.165) is 11.3 Å². The number of rotatable bonds is 8. The average molecular weight is 688 g/mol. The number of carbonyl (C=O) groups excluding carboxylic acids is 2. The molecule has 0 fully saturated rings. The van der Waals surface area contributed by atoms with E-state index in [1.165, 1.54) is 6.07 Å². The van der Waals surface area contributed by atoms with Crippen molar-refractivity contribution in [2.75, 3.05) is 10.6 Å². The Balaban J connectivity index is 1.22. The van der Waals surface area contributed by atoms with Crippen LogP contribution < -0.4 is 10.6 Å². The SMILES string of the molecule is N#Cc1cc(/N=N/c2c(O)c(C(=O)Nc3ccccc3)cc3ccccc23)sc1/N=N/c1c(O)c(C(=O)Nc2ccccc2)cc2ccccc12. The lowest BCUT2D eigenvalue weighted by Gasteiger charge is -2.11. The highest BCUT2D eigenvalue weighted by Gasteiger charge is 2.21. The van der Waals surface area contributed by atoms with Crippen molar-refractivity contribution in [2.45, 2.75) is 0 Å². The van der Waals surface area contributed by atoms with Gasteiger partial charge in [0, 0.05) is 22.1 Å². The zero-order valence-electron chi connectivity index (χ0n) is 26.5. The van der Waals surface area contributed by atoms with Gasteiger partial charge in [-0.25, -0.2) is 0 Å². The number of azo groups is 2. The van der Waals surface area contributed by atoms with Crippen molar-refractivity contribution in [2.24, 2.45) is 20.5 Å². The third kappa shape index (κ3) is 6.73. The van der Waals surface area contributed by atoms with E-state index in [2.05, 4.69) is 37.2 Å². The Morgan fingerprint density at radius 2 is 1.04 bits per heavy atom. The van der Waals surface area contributed by atoms with Crippen LogP contribution in [0.15, 0.2) is 148 Å². The Labute approximate surface area is 294 Å². The number of nitriles is 1. The maximum absolute atomic E-state index is 13.2. The first-order chi connectivity index (χ1) is 24.9. The number of thiophene rings is 1. The summed E-state index contributed by atoms with van der Waals surface area (Å²) in [6.07, 6.45) is 0. The van der Waals surface area contributed by atoms with Crippen LogP contribution >= 0.6 is 11.3 Å². The molecule has 51 heavy (non-hydrogen) atoms. The van der Waals surface area contributed by atoms with Gasteiger partial charge in [0.05, 0.1) is 16.7 Å². The van der Waals surface area contributed by atoms with Crippen LogP contribution in [0.1, 0.15) is 26.3 Å². The molecule has 6 aromatic carbocycles. The minimum absolute atomic E-state index is 0.000562. The molecule has 0 atom stereocenters. The Morgan fingerprint density at radius 1 is 0.588 bits per heavy atom. The minimum atomic E-state index is -0.533. The largest absolute Gasteiger partial charge is 0.505 e. The Kier molecular flexibility index (Phi) is 8.93. The van der Waals surface area contributed by atoms with Crippen molar-refractivity contribution in [1.29, 1.82) is 5.26 Å². The molecule has 246 valence electrons. The van der Waals surface area contributed by atoms with Crippen molar-refractivity contribution >= 4 is 77.4 Å². The first kappa shape index (κ1) is 32.3. The molecular formula is C39H25N7O4S. The van der Waals surface area contributed by atoms with Crippen molar-refractivity contribution < 1.29 is 19.8 Å². The van der Waals surface area contributed by atoms with Gasteiger partial charge in [-0.3, -0.25) is 9.59 Å². The summed E-state index contributed by atoms with van der Waals surface area (Å²) in [6.45, 7) is 0. The lowest BCUT2D eigenvalue weighted by molar-refractivity contribution is 0.101. The lowest BCUT2D eigenvalue weighted by atomic mass is 10.0. The lowest BCUT2D eigenvalue weighted by Crippen LogP contribution is -2.12. The summed E-state index contributed by atoms with van der Waals surface area (Å²) >= 11 is 1.00. The number of anilines is 2. The summed E-state index contributed by atoms with van der Waals surface area (Å²) in [7, 11) is 0. The highest BCUT2D eigenvalue weighted by molar-refractivity contribution is 7.19. The molecule has 0 aliphatic heterocycles. The van der Waals surface area contributed by atoms with E-state index in [9.17, 15) is 25.1 Å². The first-order valence-corrected chi connectivity index (χ1v) is 16.3. The van der Waals surface area contributed by atoms with Gasteiger partial charge < -0.3 is 20.8 Å². The fourth-order valence-electron chi connectivity index (χ4n) is 5.39. The number of aromatic hydroxyl groups is 2. The van der Waals surface area contributed by atoms with Crippen molar-refractivity contribution in [1.82, 2.24) is 0 Å². The number of benzene rings is 6. The number of fused-ring (bicyclic) bond motifs is 2. The van der Waals surface area contributed by atoms with Crippen LogP contribution in [0.4, 0.5) is 32.8 Å². The summed E-state index contributed by atoms with van der Waals surface area (Å²) in [4.78, 5) is 26.4. The molecule has 4 N–H and O–H groups in total. The van der Waals surface area contributed by atoms with Crippen LogP contribution in [-0.2, 0) is 0 Å². The van der Waals surface area contributed by atoms with E-state index < -0.39 is 11.8 Å². The molecule has 0 spiro atoms. The fraction of sp³-hybridized carbons (Fsp3) is 0. The predicted molar refractivity (Wildman–Crippen MR) is 197 cm³/mol. The van der Waals surface area contributed by atoms with Gasteiger partial charge in [0.1, 0.15) is 22.4 Å². The number of amides is 2. The van der Waals surface area contributed by atoms with E-state index in [-0.39, 0.29) is 49.6 Å². The number of nitrogens with one attached hydrogen (secondary N) is 2. The fourth-order valence-corrected chi connectivity index (χ4v) is 6.14. The van der Waals surface area contributed by atoms with Gasteiger partial charge in [0.15, 0.2) is 16.5 Å². The van der Waals surface area contributed by atoms with E-state index in [0.29, 0.717) is 32.9 Å². The summed E-state index contributed by atoms with van der Waals surface area (Å²) in [5.41, 5.74) is 1.39. The zero-order chi connectivity index (χ0) is 35.3. The van der Waals surface area contributed by atoms with Crippen LogP contribution in [0.2, 0.25) is 0 Å². The molecule has 7 rings (SSSR count). The molecule has 7 aromatic rings. The third-order valence-electron chi connectivity index (χ3n) is 7.85. The molecule has 0 aliphatic rings. The maximum Gasteiger partial charge on any atom is 0.259 e. The average Bonchev–Trinajstić information content (AvgIpc) is 3.56. The van der Waals surface area contributed by atoms with Crippen molar-refractivity contribution in [3.63, 3.8) is 0 Å². The Morgan fingerprint density at radius 3 is 1.53 bits per heavy atom. The van der Waals surface area contributed by atoms with E-state index in [1.54, 1.807) is 109 Å². The molecule has 0 aliphatic carbocycles. The number of carbonyl (C=O) groups is 2. The molecule has 12 heteroatoms. The zero-order valence-corrected chi connectivity index (χ0v) is 27.3. The number of phenols is 2. The predicted octanol–water partition coefficient (Wildman–Crippen LogP) is 10.7. The molecule has 1 heterocycles. The molecule has 0 unspecified atom stereocenters. The number of hydrogen-bond donors (Lipinski definition) is 4. The minimum Gasteiger partial charge on any atom is -0.505 e. The van der Waals surface area contributed by atoms with E-state index in [1.807, 2.05) is 12.1 Å². The Hall–Kier alpha value is -7.23. The maximum atomic E-state index is 13.2. The van der Waals surface area contributed by atoms with Gasteiger partial charge in [-0.1, -0.05) is 96.3 Å². The standard InChI is InChI=1S/C39H25N7O4S/c40-22-25-21-32(43-44-33-28-17-9-7-11-23(28)19-30(35(33)47)37(49)41-26-13-3-1-4-14-26)51-39(25)46-45-34-29-18-10-8-12-24(29)20-31(36(34)48)38(50)42-27-15-5-2-6-16-27/h1-21,47-48H,(H,41,49)(H,42,50)/b44-43+,46-45+. The van der Waals surface area contributed by atoms with Crippen LogP contribution in [0.5, 0.6) is 11.5 Å². The normalized spacial score (nSPS) is 11.3. The molecule has 0 saturated heterocycles. The molecule has 0 bridgehead atoms. The summed E-state index contributed by atoms with van der Waals surface area (Å²) in [5, 5.41) is 58.0. The van der Waals surface area contributed by atoms with Gasteiger partial charge in [-0.2, -0.15) is 5.26 Å². The first-order valence-electron chi connectivity index (χ1n) is 15.5. The number of para-hydroxylation sites is 2. The van der Waals surface area contributed by atoms with Crippen LogP contribution in [-0.4, -0.2) is 22.0 Å². The summed E-state index contributed by atoms with van der Waals surface area (Å²) < 4.78 is 0. The van der Waals surface area contributed by atoms with Crippen molar-refractivity contribution in [3.8, 4) is 17.6 Å². The molecule has 0 saturated carbocycles. The van der Waals surface area contributed by atoms with E-state index >= 15 is 0 Å². The third-order valence-corrected chi connectivity index (χ3v) is 8.76. The highest BCUT2D eigenvalue weighted by atomic mass is 32.1. The van der Waals surface area contributed by atoms with E-state index in [4.69, 9.17) is 0 Å². The quantitative estimate of drug-likeness (QED) is 0.116. The second-order valence-electron chi connectivity index (χ2n) is 11.1. The highest BCUT2D eigenvalue weighted by Crippen LogP contribution is 2.44. The monoisotopic (exact) mass is 687 g/mol. The summed E-state index contributed by atoms with van der Waals surface area (Å²) in [6, 6.07) is 38.7. The summed E-state index contributed by atoms with van der Waals surface area (Å²) in [5.74, 6) is -1.79. The van der Waals surface area contributed by atoms with Gasteiger partial charge >= 0.3 is 0 Å². The number of hydrogen-bond acceptors (Lipinski definition) is 10. The second kappa shape index (κ2) is 14.1. The van der Waals surface area contributed by atoms with Gasteiger partial charge in [-0.05, 0) is 53.2 Å². The second-order valence-corrected chi connectivity index (χ2v) is 12.1. The van der Waals surface area contributed by atoms with Crippen LogP contribution in [0.3, 0.4) is 0 Å². The number of nitrogens with zero attached hydrogens (tertiary/aromatic N) is 5. The van der Waals surface area contributed by atoms with Gasteiger partial charge in [0.2, 0.25) is 0 Å². The van der Waals surface area contributed by atoms with Crippen LogP contribution in [0.25, 0.3) is 21.5 Å². The molecule has 0 radical (unpaired) electrons. The van der Waals surface area contributed by atoms with Crippen LogP contribution in [0, 0.1) is 11.3 Å². The molecule has 11 nitrogen and oxygen atoms in total. The van der Waals surface area contributed by atoms with Gasteiger partial charge in [-0.15, -0.1) is 20.5 Å².